The number of amides is 5. The van der Waals surface area contributed by atoms with Crippen LogP contribution in [-0.4, -0.2) is 116 Å². The molecule has 0 radical (unpaired) electrons. The molecule has 3 aliphatic heterocycles. The molecule has 1 unspecified atom stereocenters. The normalized spacial score (nSPS) is 21.1. The Kier molecular flexibility index (Phi) is 10.1. The smallest absolute Gasteiger partial charge is 0.262 e. The van der Waals surface area contributed by atoms with E-state index in [9.17, 15) is 29.2 Å². The predicted octanol–water partition coefficient (Wildman–Crippen LogP) is 3.19. The molecule has 5 aromatic rings. The van der Waals surface area contributed by atoms with Gasteiger partial charge in [-0.1, -0.05) is 11.3 Å². The van der Waals surface area contributed by atoms with Crippen molar-refractivity contribution in [3.05, 3.63) is 76.6 Å². The minimum absolute atomic E-state index is 0.00155. The van der Waals surface area contributed by atoms with Crippen molar-refractivity contribution >= 4 is 57.8 Å². The third-order valence-corrected chi connectivity index (χ3v) is 12.8. The number of imide groups is 2. The van der Waals surface area contributed by atoms with Crippen molar-refractivity contribution in [2.75, 3.05) is 50.0 Å². The van der Waals surface area contributed by atoms with E-state index in [1.54, 1.807) is 40.2 Å². The molecule has 18 heteroatoms. The molecule has 300 valence electrons. The van der Waals surface area contributed by atoms with Crippen molar-refractivity contribution < 1.29 is 24.0 Å². The first kappa shape index (κ1) is 38.0. The van der Waals surface area contributed by atoms with Gasteiger partial charge in [-0.2, -0.15) is 10.4 Å². The van der Waals surface area contributed by atoms with E-state index in [0.29, 0.717) is 38.3 Å². The van der Waals surface area contributed by atoms with Crippen molar-refractivity contribution in [1.82, 2.24) is 45.2 Å². The number of hydrogen-bond acceptors (Lipinski definition) is 14. The zero-order valence-corrected chi connectivity index (χ0v) is 33.0. The van der Waals surface area contributed by atoms with Gasteiger partial charge < -0.3 is 15.5 Å². The van der Waals surface area contributed by atoms with Crippen LogP contribution in [0, 0.1) is 11.3 Å². The summed E-state index contributed by atoms with van der Waals surface area (Å²) >= 11 is 1.57. The van der Waals surface area contributed by atoms with Crippen LogP contribution >= 0.6 is 11.3 Å². The molecule has 9 rings (SSSR count). The number of benzene rings is 1. The lowest BCUT2D eigenvalue weighted by atomic mass is 9.86. The Bertz CT molecular complexity index is 2560. The minimum Gasteiger partial charge on any atom is -0.387 e. The number of carbonyl (C=O) groups excluding carboxylic acids is 5. The topological polar surface area (TPSA) is 211 Å². The van der Waals surface area contributed by atoms with Crippen LogP contribution in [0.15, 0.2) is 54.9 Å². The number of carbonyl (C=O) groups is 5. The van der Waals surface area contributed by atoms with Crippen LogP contribution in [0.4, 0.5) is 11.4 Å². The minimum atomic E-state index is -1.00. The van der Waals surface area contributed by atoms with Gasteiger partial charge >= 0.3 is 0 Å². The number of piperidine rings is 1. The molecule has 1 aromatic carbocycles. The Labute approximate surface area is 342 Å². The fourth-order valence-electron chi connectivity index (χ4n) is 8.52. The maximum atomic E-state index is 13.3. The largest absolute Gasteiger partial charge is 0.387 e. The third kappa shape index (κ3) is 7.27. The Morgan fingerprint density at radius 1 is 0.915 bits per heavy atom. The lowest BCUT2D eigenvalue weighted by Gasteiger charge is -2.36. The molecule has 3 N–H and O–H groups in total. The molecule has 0 spiro atoms. The fourth-order valence-corrected chi connectivity index (χ4v) is 9.55. The summed E-state index contributed by atoms with van der Waals surface area (Å²) in [6.45, 7) is 2.89. The molecule has 3 fully saturated rings. The highest BCUT2D eigenvalue weighted by molar-refractivity contribution is 7.14. The molecular weight excluding hydrogens is 773 g/mol. The van der Waals surface area contributed by atoms with Crippen molar-refractivity contribution in [2.45, 2.75) is 56.5 Å². The summed E-state index contributed by atoms with van der Waals surface area (Å²) in [7, 11) is 1.86. The summed E-state index contributed by atoms with van der Waals surface area (Å²) in [6, 6.07) is 14.0. The molecule has 1 saturated carbocycles. The molecule has 5 amide bonds. The van der Waals surface area contributed by atoms with Gasteiger partial charge in [0.2, 0.25) is 17.7 Å². The summed E-state index contributed by atoms with van der Waals surface area (Å²) in [5.74, 6) is -1.83. The van der Waals surface area contributed by atoms with Crippen molar-refractivity contribution in [3.8, 4) is 28.0 Å². The lowest BCUT2D eigenvalue weighted by molar-refractivity contribution is -0.136. The van der Waals surface area contributed by atoms with Crippen LogP contribution in [0.1, 0.15) is 75.7 Å². The number of nitriles is 1. The average Bonchev–Trinajstić information content (AvgIpc) is 3.98. The Morgan fingerprint density at radius 2 is 1.71 bits per heavy atom. The second kappa shape index (κ2) is 15.6. The van der Waals surface area contributed by atoms with E-state index in [0.717, 1.165) is 74.4 Å². The van der Waals surface area contributed by atoms with Crippen molar-refractivity contribution in [2.24, 2.45) is 0 Å². The summed E-state index contributed by atoms with van der Waals surface area (Å²) in [5, 5.41) is 33.3. The molecular formula is C41H40N12O5S. The summed E-state index contributed by atoms with van der Waals surface area (Å²) in [4.78, 5) is 73.6. The highest BCUT2D eigenvalue weighted by Gasteiger charge is 2.45. The van der Waals surface area contributed by atoms with E-state index < -0.39 is 29.7 Å². The Hall–Kier alpha value is -6.58. The van der Waals surface area contributed by atoms with E-state index in [1.165, 1.54) is 6.20 Å². The Balaban J connectivity index is 0.750. The van der Waals surface area contributed by atoms with Gasteiger partial charge in [0.25, 0.3) is 11.8 Å². The zero-order chi connectivity index (χ0) is 40.8. The van der Waals surface area contributed by atoms with Crippen LogP contribution in [0.5, 0.6) is 0 Å². The number of nitrogens with one attached hydrogen (secondary N) is 3. The molecule has 17 nitrogen and oxygen atoms in total. The number of hydrogen-bond donors (Lipinski definition) is 3. The van der Waals surface area contributed by atoms with Crippen molar-refractivity contribution in [3.63, 3.8) is 0 Å². The summed E-state index contributed by atoms with van der Waals surface area (Å²) in [6.07, 6.45) is 7.03. The number of nitrogens with zero attached hydrogens (tertiary/aromatic N) is 9. The third-order valence-electron chi connectivity index (χ3n) is 11.7. The van der Waals surface area contributed by atoms with Crippen LogP contribution < -0.4 is 20.9 Å². The number of aromatic nitrogens is 5. The molecule has 4 aromatic heterocycles. The summed E-state index contributed by atoms with van der Waals surface area (Å²) < 4.78 is 1.77. The number of pyridine rings is 1. The van der Waals surface area contributed by atoms with Crippen LogP contribution in [0.3, 0.4) is 0 Å². The van der Waals surface area contributed by atoms with Gasteiger partial charge in [0.05, 0.1) is 51.9 Å². The van der Waals surface area contributed by atoms with Gasteiger partial charge in [-0.3, -0.25) is 44.1 Å². The van der Waals surface area contributed by atoms with Gasteiger partial charge in [0.1, 0.15) is 17.1 Å². The van der Waals surface area contributed by atoms with E-state index in [4.69, 9.17) is 4.98 Å². The van der Waals surface area contributed by atoms with Crippen molar-refractivity contribution in [1.29, 1.82) is 5.26 Å². The monoisotopic (exact) mass is 812 g/mol. The lowest BCUT2D eigenvalue weighted by Crippen LogP contribution is -2.54. The Morgan fingerprint density at radius 3 is 2.47 bits per heavy atom. The zero-order valence-electron chi connectivity index (χ0n) is 32.2. The average molecular weight is 813 g/mol. The van der Waals surface area contributed by atoms with Gasteiger partial charge in [-0.15, -0.1) is 10.2 Å². The number of rotatable bonds is 9. The first-order valence-corrected chi connectivity index (χ1v) is 20.5. The highest BCUT2D eigenvalue weighted by atomic mass is 32.1. The van der Waals surface area contributed by atoms with Gasteiger partial charge in [-0.25, -0.2) is 4.52 Å². The van der Waals surface area contributed by atoms with E-state index in [1.807, 2.05) is 31.3 Å². The quantitative estimate of drug-likeness (QED) is 0.183. The fraction of sp³-hybridized carbons (Fsp3) is 0.366. The van der Waals surface area contributed by atoms with E-state index >= 15 is 0 Å². The second-order valence-corrected chi connectivity index (χ2v) is 16.3. The first-order chi connectivity index (χ1) is 28.7. The SMILES string of the molecule is CNc1cc(-c2ccc3cc(C#N)cnn23)ncc1-c1nnc([C@H]2CC[C@H](NC(=O)CN3CCN(c4ccc5c(c4)C(=O)N(C4CCC(=O)NC4=O)C5=O)CC3)CC2)s1. The van der Waals surface area contributed by atoms with E-state index in [2.05, 4.69) is 47.1 Å². The molecule has 59 heavy (non-hydrogen) atoms. The van der Waals surface area contributed by atoms with Gasteiger partial charge in [0.15, 0.2) is 5.01 Å². The standard InChI is InChI=1S/C41H40N12O5S/c1-43-31-18-32(33-9-7-27-16-23(19-42)20-45-53(27)33)44-21-30(31)39-49-48-38(59-39)24-2-4-25(5-3-24)46-36(55)22-50-12-14-51(15-13-50)26-6-8-28-29(17-26)41(58)52(40(28)57)34-10-11-35(54)47-37(34)56/h6-9,16-18,20-21,24-25,34H,2-5,10-15,22H2,1H3,(H,43,44)(H,46,55)(H,47,54,56)/t24-,25-,34?. The molecule has 4 aliphatic rings. The number of fused-ring (bicyclic) bond motifs is 2. The first-order valence-electron chi connectivity index (χ1n) is 19.7. The van der Waals surface area contributed by atoms with Crippen LogP contribution in [0.25, 0.3) is 27.5 Å². The molecule has 1 atom stereocenters. The van der Waals surface area contributed by atoms with Crippen LogP contribution in [-0.2, 0) is 14.4 Å². The predicted molar refractivity (Wildman–Crippen MR) is 216 cm³/mol. The molecule has 0 bridgehead atoms. The number of anilines is 2. The number of piperazine rings is 1. The van der Waals surface area contributed by atoms with E-state index in [-0.39, 0.29) is 41.8 Å². The maximum absolute atomic E-state index is 13.3. The maximum Gasteiger partial charge on any atom is 0.262 e. The molecule has 2 saturated heterocycles. The van der Waals surface area contributed by atoms with Gasteiger partial charge in [0, 0.05) is 69.2 Å². The highest BCUT2D eigenvalue weighted by Crippen LogP contribution is 2.39. The molecule has 1 aliphatic carbocycles. The second-order valence-electron chi connectivity index (χ2n) is 15.3. The molecule has 7 heterocycles. The van der Waals surface area contributed by atoms with Crippen LogP contribution in [0.2, 0.25) is 0 Å². The van der Waals surface area contributed by atoms with Gasteiger partial charge in [-0.05, 0) is 74.6 Å². The summed E-state index contributed by atoms with van der Waals surface area (Å²) in [5.41, 5.74) is 5.89.